The predicted octanol–water partition coefficient (Wildman–Crippen LogP) is 2.17. The molecule has 118 valence electrons. The van der Waals surface area contributed by atoms with Crippen molar-refractivity contribution in [2.75, 3.05) is 19.8 Å². The van der Waals surface area contributed by atoms with Crippen LogP contribution in [-0.2, 0) is 21.3 Å². The summed E-state index contributed by atoms with van der Waals surface area (Å²) in [5.41, 5.74) is 0.589. The van der Waals surface area contributed by atoms with Gasteiger partial charge in [0, 0.05) is 29.8 Å². The first-order valence-electron chi connectivity index (χ1n) is 6.73. The Labute approximate surface area is 135 Å². The van der Waals surface area contributed by atoms with Crippen LogP contribution in [0.3, 0.4) is 0 Å². The summed E-state index contributed by atoms with van der Waals surface area (Å²) >= 11 is 12.3. The van der Waals surface area contributed by atoms with E-state index in [1.165, 1.54) is 6.07 Å². The van der Waals surface area contributed by atoms with Crippen LogP contribution in [0.1, 0.15) is 18.9 Å². The molecular formula is C13H18Cl2N2O3S. The SMILES string of the molecule is CCNCc1c(Cl)ccc(S(=O)(=O)NC2CCOC2)c1Cl. The first-order chi connectivity index (χ1) is 9.95. The van der Waals surface area contributed by atoms with Gasteiger partial charge in [0.05, 0.1) is 11.6 Å². The Morgan fingerprint density at radius 3 is 2.76 bits per heavy atom. The molecule has 0 aromatic heterocycles. The lowest BCUT2D eigenvalue weighted by Crippen LogP contribution is -2.35. The monoisotopic (exact) mass is 352 g/mol. The molecule has 0 saturated carbocycles. The third-order valence-electron chi connectivity index (χ3n) is 3.24. The van der Waals surface area contributed by atoms with Gasteiger partial charge in [0.1, 0.15) is 4.90 Å². The molecule has 5 nitrogen and oxygen atoms in total. The van der Waals surface area contributed by atoms with Gasteiger partial charge in [-0.25, -0.2) is 13.1 Å². The van der Waals surface area contributed by atoms with Gasteiger partial charge in [-0.05, 0) is 25.1 Å². The topological polar surface area (TPSA) is 67.4 Å². The van der Waals surface area contributed by atoms with Crippen molar-refractivity contribution in [1.82, 2.24) is 10.0 Å². The molecule has 1 aromatic carbocycles. The van der Waals surface area contributed by atoms with Gasteiger partial charge in [0.25, 0.3) is 0 Å². The van der Waals surface area contributed by atoms with Crippen molar-refractivity contribution in [2.45, 2.75) is 30.8 Å². The number of halogens is 2. The third-order valence-corrected chi connectivity index (χ3v) is 5.70. The molecule has 0 aliphatic carbocycles. The van der Waals surface area contributed by atoms with Crippen LogP contribution in [0, 0.1) is 0 Å². The second-order valence-electron chi connectivity index (χ2n) is 4.80. The molecule has 0 spiro atoms. The van der Waals surface area contributed by atoms with E-state index in [1.54, 1.807) is 6.07 Å². The van der Waals surface area contributed by atoms with Crippen LogP contribution in [0.25, 0.3) is 0 Å². The van der Waals surface area contributed by atoms with Crippen molar-refractivity contribution in [2.24, 2.45) is 0 Å². The zero-order chi connectivity index (χ0) is 15.5. The van der Waals surface area contributed by atoms with Crippen molar-refractivity contribution in [1.29, 1.82) is 0 Å². The van der Waals surface area contributed by atoms with E-state index >= 15 is 0 Å². The minimum Gasteiger partial charge on any atom is -0.380 e. The Balaban J connectivity index is 2.29. The molecule has 1 aromatic rings. The third kappa shape index (κ3) is 4.09. The summed E-state index contributed by atoms with van der Waals surface area (Å²) in [6, 6.07) is 2.77. The number of rotatable bonds is 6. The summed E-state index contributed by atoms with van der Waals surface area (Å²) in [6.45, 7) is 4.05. The van der Waals surface area contributed by atoms with E-state index in [4.69, 9.17) is 27.9 Å². The molecule has 1 aliphatic heterocycles. The molecule has 1 fully saturated rings. The number of hydrogen-bond acceptors (Lipinski definition) is 4. The summed E-state index contributed by atoms with van der Waals surface area (Å²) < 4.78 is 32.7. The van der Waals surface area contributed by atoms with Crippen LogP contribution < -0.4 is 10.0 Å². The van der Waals surface area contributed by atoms with Crippen LogP contribution in [0.15, 0.2) is 17.0 Å². The number of hydrogen-bond donors (Lipinski definition) is 2. The normalized spacial score (nSPS) is 19.1. The molecule has 2 N–H and O–H groups in total. The Morgan fingerprint density at radius 2 is 2.14 bits per heavy atom. The Bertz CT molecular complexity index is 602. The van der Waals surface area contributed by atoms with Gasteiger partial charge >= 0.3 is 0 Å². The van der Waals surface area contributed by atoms with E-state index in [0.717, 1.165) is 6.54 Å². The summed E-state index contributed by atoms with van der Waals surface area (Å²) in [5.74, 6) is 0. The van der Waals surface area contributed by atoms with Gasteiger partial charge < -0.3 is 10.1 Å². The quantitative estimate of drug-likeness (QED) is 0.823. The molecule has 8 heteroatoms. The summed E-state index contributed by atoms with van der Waals surface area (Å²) in [7, 11) is -3.69. The van der Waals surface area contributed by atoms with Crippen LogP contribution in [-0.4, -0.2) is 34.2 Å². The van der Waals surface area contributed by atoms with E-state index in [-0.39, 0.29) is 16.0 Å². The van der Waals surface area contributed by atoms with Gasteiger partial charge in [-0.3, -0.25) is 0 Å². The maximum Gasteiger partial charge on any atom is 0.242 e. The van der Waals surface area contributed by atoms with Crippen LogP contribution in [0.5, 0.6) is 0 Å². The summed E-state index contributed by atoms with van der Waals surface area (Å²) in [5, 5.41) is 3.70. The molecule has 0 amide bonds. The highest BCUT2D eigenvalue weighted by molar-refractivity contribution is 7.89. The molecule has 0 radical (unpaired) electrons. The number of sulfonamides is 1. The fourth-order valence-electron chi connectivity index (χ4n) is 2.11. The van der Waals surface area contributed by atoms with Crippen molar-refractivity contribution in [3.05, 3.63) is 27.7 Å². The lowest BCUT2D eigenvalue weighted by Gasteiger charge is -2.15. The molecule has 1 aliphatic rings. The highest BCUT2D eigenvalue weighted by atomic mass is 35.5. The predicted molar refractivity (Wildman–Crippen MR) is 83.4 cm³/mol. The largest absolute Gasteiger partial charge is 0.380 e. The van der Waals surface area contributed by atoms with Gasteiger partial charge in [-0.15, -0.1) is 0 Å². The maximum absolute atomic E-state index is 12.4. The Hall–Kier alpha value is -0.370. The zero-order valence-corrected chi connectivity index (χ0v) is 14.0. The molecule has 1 atom stereocenters. The van der Waals surface area contributed by atoms with E-state index in [0.29, 0.717) is 36.8 Å². The minimum absolute atomic E-state index is 0.0494. The van der Waals surface area contributed by atoms with Gasteiger partial charge in [0.15, 0.2) is 0 Å². The van der Waals surface area contributed by atoms with Crippen molar-refractivity contribution in [3.63, 3.8) is 0 Å². The molecule has 1 saturated heterocycles. The van der Waals surface area contributed by atoms with Crippen molar-refractivity contribution < 1.29 is 13.2 Å². The highest BCUT2D eigenvalue weighted by Crippen LogP contribution is 2.31. The van der Waals surface area contributed by atoms with E-state index < -0.39 is 10.0 Å². The van der Waals surface area contributed by atoms with Gasteiger partial charge in [0.2, 0.25) is 10.0 Å². The molecule has 1 heterocycles. The lowest BCUT2D eigenvalue weighted by molar-refractivity contribution is 0.192. The second-order valence-corrected chi connectivity index (χ2v) is 7.27. The number of nitrogens with one attached hydrogen (secondary N) is 2. The van der Waals surface area contributed by atoms with E-state index in [1.807, 2.05) is 6.92 Å². The Morgan fingerprint density at radius 1 is 1.38 bits per heavy atom. The summed E-state index contributed by atoms with van der Waals surface area (Å²) in [6.07, 6.45) is 0.661. The van der Waals surface area contributed by atoms with Gasteiger partial charge in [-0.2, -0.15) is 0 Å². The fraction of sp³-hybridized carbons (Fsp3) is 0.538. The number of ether oxygens (including phenoxy) is 1. The first kappa shape index (κ1) is 17.0. The first-order valence-corrected chi connectivity index (χ1v) is 8.97. The lowest BCUT2D eigenvalue weighted by atomic mass is 10.2. The molecule has 21 heavy (non-hydrogen) atoms. The number of benzene rings is 1. The average molecular weight is 353 g/mol. The fourth-order valence-corrected chi connectivity index (χ4v) is 4.27. The second kappa shape index (κ2) is 7.26. The Kier molecular flexibility index (Phi) is 5.88. The van der Waals surface area contributed by atoms with Crippen LogP contribution >= 0.6 is 23.2 Å². The van der Waals surface area contributed by atoms with E-state index in [9.17, 15) is 8.42 Å². The molecule has 1 unspecified atom stereocenters. The smallest absolute Gasteiger partial charge is 0.242 e. The zero-order valence-electron chi connectivity index (χ0n) is 11.7. The standard InChI is InChI=1S/C13H18Cl2N2O3S/c1-2-16-7-10-11(14)3-4-12(13(10)15)21(18,19)17-9-5-6-20-8-9/h3-4,9,16-17H,2,5-8H2,1H3. The molecule has 2 rings (SSSR count). The van der Waals surface area contributed by atoms with Crippen LogP contribution in [0.2, 0.25) is 10.0 Å². The van der Waals surface area contributed by atoms with Gasteiger partial charge in [-0.1, -0.05) is 30.1 Å². The van der Waals surface area contributed by atoms with Crippen molar-refractivity contribution >= 4 is 33.2 Å². The van der Waals surface area contributed by atoms with E-state index in [2.05, 4.69) is 10.0 Å². The highest BCUT2D eigenvalue weighted by Gasteiger charge is 2.26. The van der Waals surface area contributed by atoms with Crippen molar-refractivity contribution in [3.8, 4) is 0 Å². The summed E-state index contributed by atoms with van der Waals surface area (Å²) in [4.78, 5) is 0.0494. The minimum atomic E-state index is -3.69. The van der Waals surface area contributed by atoms with Crippen LogP contribution in [0.4, 0.5) is 0 Å². The average Bonchev–Trinajstić information content (AvgIpc) is 2.90. The molecular weight excluding hydrogens is 335 g/mol. The maximum atomic E-state index is 12.4. The molecule has 0 bridgehead atoms.